The quantitative estimate of drug-likeness (QED) is 0.850. The molecule has 0 bridgehead atoms. The van der Waals surface area contributed by atoms with E-state index < -0.39 is 47.0 Å². The normalized spacial score (nSPS) is 12.1. The van der Waals surface area contributed by atoms with Gasteiger partial charge in [0.05, 0.1) is 0 Å². The molecule has 122 valence electrons. The van der Waals surface area contributed by atoms with Gasteiger partial charge in [0.25, 0.3) is 11.5 Å². The van der Waals surface area contributed by atoms with Crippen molar-refractivity contribution in [3.05, 3.63) is 33.7 Å². The molecule has 2 N–H and O–H groups in total. The first kappa shape index (κ1) is 17.7. The molecule has 0 saturated carbocycles. The van der Waals surface area contributed by atoms with E-state index >= 15 is 0 Å². The summed E-state index contributed by atoms with van der Waals surface area (Å²) in [6.45, 7) is 3.60. The van der Waals surface area contributed by atoms with Crippen molar-refractivity contribution >= 4 is 11.9 Å². The van der Waals surface area contributed by atoms with Gasteiger partial charge in [-0.3, -0.25) is 19.0 Å². The number of halogens is 3. The van der Waals surface area contributed by atoms with Gasteiger partial charge in [-0.2, -0.15) is 13.2 Å². The van der Waals surface area contributed by atoms with Crippen LogP contribution in [0.2, 0.25) is 0 Å². The minimum Gasteiger partial charge on any atom is -0.459 e. The van der Waals surface area contributed by atoms with Crippen LogP contribution in [-0.2, 0) is 22.3 Å². The van der Waals surface area contributed by atoms with Gasteiger partial charge in [-0.15, -0.1) is 0 Å². The van der Waals surface area contributed by atoms with Crippen molar-refractivity contribution in [2.45, 2.75) is 39.1 Å². The van der Waals surface area contributed by atoms with E-state index in [0.29, 0.717) is 12.1 Å². The third-order valence-corrected chi connectivity index (χ3v) is 2.44. The zero-order valence-electron chi connectivity index (χ0n) is 12.2. The highest BCUT2D eigenvalue weighted by Gasteiger charge is 2.36. The van der Waals surface area contributed by atoms with Gasteiger partial charge in [-0.25, -0.2) is 0 Å². The standard InChI is InChI=1S/C13H15F3N2O4/c1-12(2,3)22-9(19)6-18-8(13(14,15)16)5-4-7(10(17)20)11(18)21/h4-5H,6H2,1-3H3,(H2,17,20). The second-order valence-electron chi connectivity index (χ2n) is 5.47. The Bertz CT molecular complexity index is 657. The lowest BCUT2D eigenvalue weighted by Gasteiger charge is -2.21. The molecule has 1 aromatic rings. The molecule has 1 rings (SSSR count). The molecule has 9 heteroatoms. The first-order valence-electron chi connectivity index (χ1n) is 6.15. The predicted octanol–water partition coefficient (Wildman–Crippen LogP) is 1.31. The Kier molecular flexibility index (Phi) is 4.69. The van der Waals surface area contributed by atoms with E-state index in [1.165, 1.54) is 20.8 Å². The number of amides is 1. The number of rotatable bonds is 3. The van der Waals surface area contributed by atoms with Crippen LogP contribution >= 0.6 is 0 Å². The van der Waals surface area contributed by atoms with Crippen LogP contribution in [-0.4, -0.2) is 22.0 Å². The van der Waals surface area contributed by atoms with Crippen LogP contribution in [0.15, 0.2) is 16.9 Å². The summed E-state index contributed by atoms with van der Waals surface area (Å²) >= 11 is 0. The number of esters is 1. The van der Waals surface area contributed by atoms with Crippen molar-refractivity contribution in [1.29, 1.82) is 0 Å². The molecule has 0 aromatic carbocycles. The number of aromatic nitrogens is 1. The summed E-state index contributed by atoms with van der Waals surface area (Å²) < 4.78 is 43.8. The summed E-state index contributed by atoms with van der Waals surface area (Å²) in [5, 5.41) is 0. The Morgan fingerprint density at radius 1 is 1.23 bits per heavy atom. The number of carbonyl (C=O) groups excluding carboxylic acids is 2. The van der Waals surface area contributed by atoms with Gasteiger partial charge in [0.2, 0.25) is 0 Å². The Labute approximate surface area is 123 Å². The third-order valence-electron chi connectivity index (χ3n) is 2.44. The van der Waals surface area contributed by atoms with E-state index in [1.807, 2.05) is 0 Å². The third kappa shape index (κ3) is 4.34. The Balaban J connectivity index is 3.36. The van der Waals surface area contributed by atoms with Gasteiger partial charge >= 0.3 is 12.1 Å². The van der Waals surface area contributed by atoms with Gasteiger partial charge in [0.15, 0.2) is 0 Å². The average Bonchev–Trinajstić information content (AvgIpc) is 2.26. The molecule has 0 aliphatic carbocycles. The SMILES string of the molecule is CC(C)(C)OC(=O)Cn1c(C(F)(F)F)ccc(C(N)=O)c1=O. The van der Waals surface area contributed by atoms with Gasteiger partial charge in [0, 0.05) is 0 Å². The number of alkyl halides is 3. The van der Waals surface area contributed by atoms with Crippen LogP contribution < -0.4 is 11.3 Å². The number of hydrogen-bond donors (Lipinski definition) is 1. The van der Waals surface area contributed by atoms with Crippen molar-refractivity contribution in [2.24, 2.45) is 5.73 Å². The molecular formula is C13H15F3N2O4. The van der Waals surface area contributed by atoms with E-state index in [1.54, 1.807) is 0 Å². The predicted molar refractivity (Wildman–Crippen MR) is 70.1 cm³/mol. The summed E-state index contributed by atoms with van der Waals surface area (Å²) in [5.74, 6) is -2.22. The second-order valence-corrected chi connectivity index (χ2v) is 5.47. The van der Waals surface area contributed by atoms with E-state index in [0.717, 1.165) is 0 Å². The lowest BCUT2D eigenvalue weighted by Crippen LogP contribution is -2.37. The largest absolute Gasteiger partial charge is 0.459 e. The lowest BCUT2D eigenvalue weighted by molar-refractivity contribution is -0.157. The van der Waals surface area contributed by atoms with Crippen LogP contribution in [0.4, 0.5) is 13.2 Å². The molecule has 22 heavy (non-hydrogen) atoms. The minimum atomic E-state index is -4.88. The van der Waals surface area contributed by atoms with Gasteiger partial charge < -0.3 is 10.5 Å². The number of carbonyl (C=O) groups is 2. The van der Waals surface area contributed by atoms with Crippen LogP contribution in [0.1, 0.15) is 36.8 Å². The number of nitrogens with two attached hydrogens (primary N) is 1. The van der Waals surface area contributed by atoms with Crippen molar-refractivity contribution in [3.63, 3.8) is 0 Å². The molecule has 0 fully saturated rings. The van der Waals surface area contributed by atoms with E-state index in [4.69, 9.17) is 10.5 Å². The van der Waals surface area contributed by atoms with E-state index in [-0.39, 0.29) is 4.57 Å². The number of primary amides is 1. The molecule has 1 aromatic heterocycles. The van der Waals surface area contributed by atoms with E-state index in [2.05, 4.69) is 0 Å². The van der Waals surface area contributed by atoms with Crippen molar-refractivity contribution in [2.75, 3.05) is 0 Å². The van der Waals surface area contributed by atoms with Gasteiger partial charge in [0.1, 0.15) is 23.4 Å². The molecular weight excluding hydrogens is 305 g/mol. The fourth-order valence-electron chi connectivity index (χ4n) is 1.67. The maximum Gasteiger partial charge on any atom is 0.431 e. The number of nitrogens with zero attached hydrogens (tertiary/aromatic N) is 1. The summed E-state index contributed by atoms with van der Waals surface area (Å²) in [6, 6.07) is 1.20. The van der Waals surface area contributed by atoms with Crippen molar-refractivity contribution < 1.29 is 27.5 Å². The topological polar surface area (TPSA) is 91.4 Å². The summed E-state index contributed by atoms with van der Waals surface area (Å²) in [5.41, 5.74) is 0.688. The zero-order chi connectivity index (χ0) is 17.3. The Morgan fingerprint density at radius 2 is 1.77 bits per heavy atom. The Morgan fingerprint density at radius 3 is 2.18 bits per heavy atom. The zero-order valence-corrected chi connectivity index (χ0v) is 12.2. The molecule has 0 spiro atoms. The van der Waals surface area contributed by atoms with Crippen LogP contribution in [0.3, 0.4) is 0 Å². The molecule has 0 atom stereocenters. The monoisotopic (exact) mass is 320 g/mol. The van der Waals surface area contributed by atoms with E-state index in [9.17, 15) is 27.6 Å². The Hall–Kier alpha value is -2.32. The molecule has 0 unspecified atom stereocenters. The fraction of sp³-hybridized carbons (Fsp3) is 0.462. The van der Waals surface area contributed by atoms with Crippen molar-refractivity contribution in [3.8, 4) is 0 Å². The number of ether oxygens (including phenoxy) is 1. The lowest BCUT2D eigenvalue weighted by atomic mass is 10.2. The first-order valence-corrected chi connectivity index (χ1v) is 6.15. The second kappa shape index (κ2) is 5.82. The van der Waals surface area contributed by atoms with Gasteiger partial charge in [-0.05, 0) is 32.9 Å². The average molecular weight is 320 g/mol. The molecule has 1 amide bonds. The minimum absolute atomic E-state index is 0.133. The smallest absolute Gasteiger partial charge is 0.431 e. The highest BCUT2D eigenvalue weighted by Crippen LogP contribution is 2.28. The van der Waals surface area contributed by atoms with Gasteiger partial charge in [-0.1, -0.05) is 0 Å². The molecule has 0 aliphatic heterocycles. The molecule has 0 aliphatic rings. The highest BCUT2D eigenvalue weighted by molar-refractivity contribution is 5.92. The molecule has 0 saturated heterocycles. The van der Waals surface area contributed by atoms with Crippen LogP contribution in [0.5, 0.6) is 0 Å². The maximum atomic E-state index is 12.9. The molecule has 0 radical (unpaired) electrons. The first-order chi connectivity index (χ1) is 9.83. The van der Waals surface area contributed by atoms with Crippen LogP contribution in [0, 0.1) is 0 Å². The summed E-state index contributed by atoms with van der Waals surface area (Å²) in [4.78, 5) is 34.7. The summed E-state index contributed by atoms with van der Waals surface area (Å²) in [7, 11) is 0. The van der Waals surface area contributed by atoms with Crippen LogP contribution in [0.25, 0.3) is 0 Å². The molecule has 6 nitrogen and oxygen atoms in total. The van der Waals surface area contributed by atoms with Crippen molar-refractivity contribution in [1.82, 2.24) is 4.57 Å². The number of hydrogen-bond acceptors (Lipinski definition) is 4. The summed E-state index contributed by atoms with van der Waals surface area (Å²) in [6.07, 6.45) is -4.88. The maximum absolute atomic E-state index is 12.9. The fourth-order valence-corrected chi connectivity index (χ4v) is 1.67. The number of pyridine rings is 1. The highest BCUT2D eigenvalue weighted by atomic mass is 19.4. The molecule has 1 heterocycles.